The molecule has 0 aromatic heterocycles. The van der Waals surface area contributed by atoms with E-state index in [1.165, 1.54) is 135 Å². The molecule has 0 atom stereocenters. The van der Waals surface area contributed by atoms with Crippen molar-refractivity contribution in [1.82, 2.24) is 0 Å². The molecule has 38 heavy (non-hydrogen) atoms. The predicted octanol–water partition coefficient (Wildman–Crippen LogP) is 11.6. The molecule has 0 fully saturated rings. The molecule has 0 aliphatic carbocycles. The van der Waals surface area contributed by atoms with Crippen molar-refractivity contribution in [2.75, 3.05) is 6.61 Å². The number of unbranched alkanes of at least 4 members (excludes halogenated alkanes) is 23. The highest BCUT2D eigenvalue weighted by atomic mass is 16.5. The van der Waals surface area contributed by atoms with Gasteiger partial charge in [-0.05, 0) is 19.3 Å². The summed E-state index contributed by atoms with van der Waals surface area (Å²) in [6.07, 6.45) is 34.6. The van der Waals surface area contributed by atoms with Crippen molar-refractivity contribution in [3.8, 4) is 0 Å². The van der Waals surface area contributed by atoms with Crippen LogP contribution in [0.5, 0.6) is 0 Å². The van der Waals surface area contributed by atoms with Gasteiger partial charge in [-0.25, -0.2) is 0 Å². The fraction of sp³-hybridized carbons (Fsp3) is 0.941. The van der Waals surface area contributed by atoms with Crippen LogP contribution < -0.4 is 0 Å². The smallest absolute Gasteiger partial charge is 0.305 e. The Morgan fingerprint density at radius 2 is 0.711 bits per heavy atom. The van der Waals surface area contributed by atoms with E-state index in [-0.39, 0.29) is 5.97 Å². The van der Waals surface area contributed by atoms with Crippen LogP contribution in [0, 0.1) is 0 Å². The largest absolute Gasteiger partial charge is 0.481 e. The molecule has 0 saturated carbocycles. The first kappa shape index (κ1) is 39.1. The zero-order valence-corrected chi connectivity index (χ0v) is 26.2. The van der Waals surface area contributed by atoms with E-state index in [4.69, 9.17) is 9.84 Å². The molecule has 0 heterocycles. The van der Waals surface area contributed by atoms with Crippen molar-refractivity contribution in [3.63, 3.8) is 0 Å². The van der Waals surface area contributed by atoms with Crippen LogP contribution in [0.4, 0.5) is 0 Å². The quantitative estimate of drug-likeness (QED) is 0.0756. The van der Waals surface area contributed by atoms with E-state index < -0.39 is 5.97 Å². The van der Waals surface area contributed by atoms with Gasteiger partial charge in [0, 0.05) is 12.8 Å². The van der Waals surface area contributed by atoms with Gasteiger partial charge in [0.05, 0.1) is 6.61 Å². The van der Waals surface area contributed by atoms with E-state index in [1.807, 2.05) is 0 Å². The summed E-state index contributed by atoms with van der Waals surface area (Å²) in [4.78, 5) is 21.6. The summed E-state index contributed by atoms with van der Waals surface area (Å²) in [6.45, 7) is 7.23. The SMILES string of the molecule is CCCCCCCCCCCC(=O)O.CCCCCCCCCCCCCCCCCC(=O)OCCCC. The number of hydrogen-bond donors (Lipinski definition) is 1. The van der Waals surface area contributed by atoms with Crippen molar-refractivity contribution >= 4 is 11.9 Å². The zero-order valence-electron chi connectivity index (χ0n) is 26.2. The molecule has 0 spiro atoms. The van der Waals surface area contributed by atoms with Crippen LogP contribution in [0.25, 0.3) is 0 Å². The third-order valence-electron chi connectivity index (χ3n) is 7.24. The van der Waals surface area contributed by atoms with Gasteiger partial charge in [0.2, 0.25) is 0 Å². The third-order valence-corrected chi connectivity index (χ3v) is 7.24. The monoisotopic (exact) mass is 541 g/mol. The molecular weight excluding hydrogens is 472 g/mol. The second-order valence-corrected chi connectivity index (χ2v) is 11.2. The fourth-order valence-electron chi connectivity index (χ4n) is 4.63. The van der Waals surface area contributed by atoms with Gasteiger partial charge in [0.15, 0.2) is 0 Å². The number of ether oxygens (including phenoxy) is 1. The van der Waals surface area contributed by atoms with Crippen LogP contribution in [0.2, 0.25) is 0 Å². The van der Waals surface area contributed by atoms with Crippen molar-refractivity contribution in [3.05, 3.63) is 0 Å². The van der Waals surface area contributed by atoms with E-state index >= 15 is 0 Å². The van der Waals surface area contributed by atoms with Crippen LogP contribution >= 0.6 is 0 Å². The molecule has 1 N–H and O–H groups in total. The summed E-state index contributed by atoms with van der Waals surface area (Å²) in [5.74, 6) is -0.661. The first-order chi connectivity index (χ1) is 18.6. The summed E-state index contributed by atoms with van der Waals surface area (Å²) in [5.41, 5.74) is 0. The lowest BCUT2D eigenvalue weighted by atomic mass is 10.0. The minimum Gasteiger partial charge on any atom is -0.481 e. The number of carbonyl (C=O) groups is 2. The maximum atomic E-state index is 11.4. The molecular formula is C34H68O4. The average molecular weight is 541 g/mol. The molecule has 0 bridgehead atoms. The van der Waals surface area contributed by atoms with E-state index in [0.29, 0.717) is 19.4 Å². The number of hydrogen-bond acceptors (Lipinski definition) is 3. The molecule has 0 aliphatic rings. The fourth-order valence-corrected chi connectivity index (χ4v) is 4.63. The van der Waals surface area contributed by atoms with Crippen molar-refractivity contribution in [2.24, 2.45) is 0 Å². The lowest BCUT2D eigenvalue weighted by Crippen LogP contribution is -2.05. The van der Waals surface area contributed by atoms with E-state index in [2.05, 4.69) is 20.8 Å². The Balaban J connectivity index is 0. The standard InChI is InChI=1S/C22H44O2.C12H24O2/c1-3-5-7-8-9-10-11-12-13-14-15-16-17-18-19-20-22(23)24-21-6-4-2;1-2-3-4-5-6-7-8-9-10-11-12(13)14/h3-21H2,1-2H3;2-11H2,1H3,(H,13,14). The van der Waals surface area contributed by atoms with Crippen LogP contribution in [0.1, 0.15) is 201 Å². The van der Waals surface area contributed by atoms with Gasteiger partial charge in [-0.3, -0.25) is 9.59 Å². The Hall–Kier alpha value is -1.06. The van der Waals surface area contributed by atoms with Gasteiger partial charge < -0.3 is 9.84 Å². The van der Waals surface area contributed by atoms with Gasteiger partial charge >= 0.3 is 11.9 Å². The maximum absolute atomic E-state index is 11.4. The topological polar surface area (TPSA) is 63.6 Å². The summed E-state index contributed by atoms with van der Waals surface area (Å²) in [7, 11) is 0. The summed E-state index contributed by atoms with van der Waals surface area (Å²) in [5, 5.41) is 8.41. The van der Waals surface area contributed by atoms with E-state index in [1.54, 1.807) is 0 Å². The maximum Gasteiger partial charge on any atom is 0.305 e. The number of carboxylic acids is 1. The molecule has 0 amide bonds. The van der Waals surface area contributed by atoms with Gasteiger partial charge in [0.1, 0.15) is 0 Å². The summed E-state index contributed by atoms with van der Waals surface area (Å²) >= 11 is 0. The molecule has 4 nitrogen and oxygen atoms in total. The number of aliphatic carboxylic acids is 1. The Kier molecular flexibility index (Phi) is 37.0. The molecule has 0 unspecified atom stereocenters. The Labute approximate surface area is 238 Å². The van der Waals surface area contributed by atoms with Gasteiger partial charge in [0.25, 0.3) is 0 Å². The van der Waals surface area contributed by atoms with E-state index in [9.17, 15) is 9.59 Å². The summed E-state index contributed by atoms with van der Waals surface area (Å²) < 4.78 is 5.16. The van der Waals surface area contributed by atoms with Crippen molar-refractivity contribution in [2.45, 2.75) is 201 Å². The highest BCUT2D eigenvalue weighted by Gasteiger charge is 2.02. The Bertz CT molecular complexity index is 463. The molecule has 0 aromatic rings. The van der Waals surface area contributed by atoms with Gasteiger partial charge in [-0.1, -0.05) is 168 Å². The molecule has 0 aliphatic heterocycles. The highest BCUT2D eigenvalue weighted by Crippen LogP contribution is 2.14. The second-order valence-electron chi connectivity index (χ2n) is 11.2. The van der Waals surface area contributed by atoms with E-state index in [0.717, 1.165) is 32.1 Å². The predicted molar refractivity (Wildman–Crippen MR) is 165 cm³/mol. The first-order valence-corrected chi connectivity index (χ1v) is 17.0. The normalized spacial score (nSPS) is 10.7. The van der Waals surface area contributed by atoms with Crippen molar-refractivity contribution in [1.29, 1.82) is 0 Å². The number of esters is 1. The Morgan fingerprint density at radius 3 is 1.03 bits per heavy atom. The van der Waals surface area contributed by atoms with Gasteiger partial charge in [-0.15, -0.1) is 0 Å². The highest BCUT2D eigenvalue weighted by molar-refractivity contribution is 5.69. The average Bonchev–Trinajstić information content (AvgIpc) is 2.90. The molecule has 0 rings (SSSR count). The Morgan fingerprint density at radius 1 is 0.421 bits per heavy atom. The number of carbonyl (C=O) groups excluding carboxylic acids is 1. The zero-order chi connectivity index (χ0) is 28.4. The molecule has 0 saturated heterocycles. The molecule has 4 heteroatoms. The molecule has 0 aromatic carbocycles. The minimum atomic E-state index is -0.659. The molecule has 0 radical (unpaired) electrons. The van der Waals surface area contributed by atoms with Crippen LogP contribution in [0.3, 0.4) is 0 Å². The number of rotatable bonds is 29. The van der Waals surface area contributed by atoms with Crippen LogP contribution in [-0.4, -0.2) is 23.7 Å². The summed E-state index contributed by atoms with van der Waals surface area (Å²) in [6, 6.07) is 0. The lowest BCUT2D eigenvalue weighted by molar-refractivity contribution is -0.144. The minimum absolute atomic E-state index is 0.00172. The third kappa shape index (κ3) is 39.5. The first-order valence-electron chi connectivity index (χ1n) is 17.0. The van der Waals surface area contributed by atoms with Crippen molar-refractivity contribution < 1.29 is 19.4 Å². The van der Waals surface area contributed by atoms with Gasteiger partial charge in [-0.2, -0.15) is 0 Å². The molecule has 228 valence electrons. The number of carboxylic acid groups (broad SMARTS) is 1. The lowest BCUT2D eigenvalue weighted by Gasteiger charge is -2.04. The second kappa shape index (κ2) is 35.9. The van der Waals surface area contributed by atoms with Crippen LogP contribution in [-0.2, 0) is 14.3 Å². The van der Waals surface area contributed by atoms with Crippen LogP contribution in [0.15, 0.2) is 0 Å².